The molecule has 3 aliphatic heterocycles. The number of fused-ring (bicyclic) bond motifs is 3. The van der Waals surface area contributed by atoms with Crippen LogP contribution in [0.2, 0.25) is 0 Å². The van der Waals surface area contributed by atoms with Crippen molar-refractivity contribution >= 4 is 0 Å². The van der Waals surface area contributed by atoms with E-state index in [1.807, 2.05) is 6.20 Å². The number of aliphatic hydroxyl groups excluding tert-OH is 1. The Morgan fingerprint density at radius 1 is 1.39 bits per heavy atom. The van der Waals surface area contributed by atoms with Crippen LogP contribution in [0.5, 0.6) is 0 Å². The number of nitrogens with zero attached hydrogens (tertiary/aromatic N) is 4. The van der Waals surface area contributed by atoms with E-state index in [4.69, 9.17) is 5.11 Å². The first-order valence-electron chi connectivity index (χ1n) is 6.81. The average Bonchev–Trinajstić information content (AvgIpc) is 2.86. The zero-order valence-corrected chi connectivity index (χ0v) is 10.6. The van der Waals surface area contributed by atoms with Crippen LogP contribution in [0.4, 0.5) is 0 Å². The lowest BCUT2D eigenvalue weighted by molar-refractivity contribution is 0.0718. The molecule has 0 amide bonds. The lowest BCUT2D eigenvalue weighted by Gasteiger charge is -2.45. The van der Waals surface area contributed by atoms with E-state index in [0.29, 0.717) is 12.6 Å². The quantitative estimate of drug-likeness (QED) is 0.735. The minimum atomic E-state index is 0.107. The summed E-state index contributed by atoms with van der Waals surface area (Å²) in [5.41, 5.74) is 0.958. The van der Waals surface area contributed by atoms with Gasteiger partial charge in [-0.1, -0.05) is 5.21 Å². The number of nitrogens with one attached hydrogen (secondary N) is 1. The SMILES string of the molecule is OCCn1cc(CNC2CN3CCC2CC3)nn1. The number of hydrogen-bond acceptors (Lipinski definition) is 5. The fourth-order valence-corrected chi connectivity index (χ4v) is 3.06. The van der Waals surface area contributed by atoms with Crippen LogP contribution < -0.4 is 5.32 Å². The monoisotopic (exact) mass is 251 g/mol. The summed E-state index contributed by atoms with van der Waals surface area (Å²) in [5, 5.41) is 20.5. The fourth-order valence-electron chi connectivity index (χ4n) is 3.06. The molecule has 0 aliphatic carbocycles. The summed E-state index contributed by atoms with van der Waals surface area (Å²) in [5.74, 6) is 0.836. The summed E-state index contributed by atoms with van der Waals surface area (Å²) in [6, 6.07) is 0.607. The van der Waals surface area contributed by atoms with E-state index < -0.39 is 0 Å². The van der Waals surface area contributed by atoms with Crippen LogP contribution >= 0.6 is 0 Å². The van der Waals surface area contributed by atoms with Crippen LogP contribution in [0.25, 0.3) is 0 Å². The highest BCUT2D eigenvalue weighted by atomic mass is 16.3. The van der Waals surface area contributed by atoms with E-state index in [1.165, 1.54) is 32.5 Å². The lowest BCUT2D eigenvalue weighted by Crippen LogP contribution is -2.55. The van der Waals surface area contributed by atoms with Gasteiger partial charge in [-0.3, -0.25) is 0 Å². The molecule has 4 heterocycles. The van der Waals surface area contributed by atoms with Crippen molar-refractivity contribution < 1.29 is 5.11 Å². The van der Waals surface area contributed by atoms with Gasteiger partial charge in [0, 0.05) is 25.3 Å². The first kappa shape index (κ1) is 12.1. The molecule has 1 aromatic rings. The van der Waals surface area contributed by atoms with Crippen molar-refractivity contribution in [3.8, 4) is 0 Å². The summed E-state index contributed by atoms with van der Waals surface area (Å²) in [7, 11) is 0. The van der Waals surface area contributed by atoms with Crippen LogP contribution in [0.15, 0.2) is 6.20 Å². The normalized spacial score (nSPS) is 30.8. The van der Waals surface area contributed by atoms with Gasteiger partial charge in [0.1, 0.15) is 0 Å². The minimum absolute atomic E-state index is 0.107. The first-order valence-corrected chi connectivity index (χ1v) is 6.81. The fraction of sp³-hybridized carbons (Fsp3) is 0.833. The van der Waals surface area contributed by atoms with Crippen LogP contribution in [0.3, 0.4) is 0 Å². The summed E-state index contributed by atoms with van der Waals surface area (Å²) >= 11 is 0. The largest absolute Gasteiger partial charge is 0.394 e. The van der Waals surface area contributed by atoms with Gasteiger partial charge in [-0.25, -0.2) is 4.68 Å². The van der Waals surface area contributed by atoms with Crippen molar-refractivity contribution in [3.63, 3.8) is 0 Å². The molecule has 18 heavy (non-hydrogen) atoms. The number of hydrogen-bond donors (Lipinski definition) is 2. The Morgan fingerprint density at radius 3 is 2.89 bits per heavy atom. The van der Waals surface area contributed by atoms with E-state index in [1.54, 1.807) is 4.68 Å². The van der Waals surface area contributed by atoms with Crippen molar-refractivity contribution in [1.29, 1.82) is 0 Å². The van der Waals surface area contributed by atoms with Crippen LogP contribution in [-0.2, 0) is 13.1 Å². The standard InChI is InChI=1S/C12H21N5O/c18-6-5-17-8-11(14-15-17)7-13-12-9-16-3-1-10(12)2-4-16/h8,10,12-13,18H,1-7,9H2. The Kier molecular flexibility index (Phi) is 3.58. The Labute approximate surface area is 107 Å². The van der Waals surface area contributed by atoms with Crippen molar-refractivity contribution in [2.24, 2.45) is 5.92 Å². The molecular formula is C12H21N5O. The number of piperidine rings is 3. The molecule has 0 radical (unpaired) electrons. The molecule has 100 valence electrons. The molecule has 1 unspecified atom stereocenters. The third-order valence-electron chi connectivity index (χ3n) is 4.12. The van der Waals surface area contributed by atoms with Gasteiger partial charge in [-0.15, -0.1) is 5.10 Å². The van der Waals surface area contributed by atoms with E-state index in [0.717, 1.165) is 18.2 Å². The maximum atomic E-state index is 8.82. The van der Waals surface area contributed by atoms with Gasteiger partial charge in [-0.05, 0) is 31.8 Å². The minimum Gasteiger partial charge on any atom is -0.394 e. The first-order chi connectivity index (χ1) is 8.85. The molecule has 0 saturated carbocycles. The molecule has 0 aromatic carbocycles. The average molecular weight is 251 g/mol. The maximum Gasteiger partial charge on any atom is 0.0964 e. The van der Waals surface area contributed by atoms with Gasteiger partial charge in [0.05, 0.1) is 18.8 Å². The summed E-state index contributed by atoms with van der Waals surface area (Å²) in [4.78, 5) is 2.54. The molecule has 3 fully saturated rings. The molecular weight excluding hydrogens is 230 g/mol. The molecule has 2 N–H and O–H groups in total. The highest BCUT2D eigenvalue weighted by molar-refractivity contribution is 4.96. The molecule has 6 heteroatoms. The van der Waals surface area contributed by atoms with Crippen LogP contribution in [0, 0.1) is 5.92 Å². The number of rotatable bonds is 5. The molecule has 6 nitrogen and oxygen atoms in total. The molecule has 3 saturated heterocycles. The van der Waals surface area contributed by atoms with Crippen LogP contribution in [0.1, 0.15) is 18.5 Å². The Hall–Kier alpha value is -0.980. The van der Waals surface area contributed by atoms with Gasteiger partial charge in [-0.2, -0.15) is 0 Å². The van der Waals surface area contributed by atoms with Crippen molar-refractivity contribution in [2.45, 2.75) is 32.0 Å². The number of aliphatic hydroxyl groups is 1. The molecule has 4 rings (SSSR count). The second-order valence-corrected chi connectivity index (χ2v) is 5.32. The maximum absolute atomic E-state index is 8.82. The highest BCUT2D eigenvalue weighted by Crippen LogP contribution is 2.27. The van der Waals surface area contributed by atoms with Gasteiger partial charge in [0.2, 0.25) is 0 Å². The summed E-state index contributed by atoms with van der Waals surface area (Å²) < 4.78 is 1.69. The van der Waals surface area contributed by atoms with Gasteiger partial charge < -0.3 is 15.3 Å². The number of aromatic nitrogens is 3. The lowest BCUT2D eigenvalue weighted by atomic mass is 9.84. The molecule has 3 aliphatic rings. The van der Waals surface area contributed by atoms with Crippen molar-refractivity contribution in [2.75, 3.05) is 26.2 Å². The summed E-state index contributed by atoms with van der Waals surface area (Å²) in [6.07, 6.45) is 4.56. The predicted molar refractivity (Wildman–Crippen MR) is 66.9 cm³/mol. The molecule has 1 aromatic heterocycles. The second kappa shape index (κ2) is 5.34. The highest BCUT2D eigenvalue weighted by Gasteiger charge is 2.33. The van der Waals surface area contributed by atoms with Gasteiger partial charge >= 0.3 is 0 Å². The third-order valence-corrected chi connectivity index (χ3v) is 4.12. The van der Waals surface area contributed by atoms with Crippen molar-refractivity contribution in [1.82, 2.24) is 25.2 Å². The van der Waals surface area contributed by atoms with E-state index in [-0.39, 0.29) is 6.61 Å². The van der Waals surface area contributed by atoms with Crippen molar-refractivity contribution in [3.05, 3.63) is 11.9 Å². The zero-order chi connectivity index (χ0) is 12.4. The van der Waals surface area contributed by atoms with Gasteiger partial charge in [0.25, 0.3) is 0 Å². The Morgan fingerprint density at radius 2 is 2.22 bits per heavy atom. The predicted octanol–water partition coefficient (Wildman–Crippen LogP) is -0.546. The zero-order valence-electron chi connectivity index (χ0n) is 10.6. The Balaban J connectivity index is 1.51. The van der Waals surface area contributed by atoms with E-state index >= 15 is 0 Å². The smallest absolute Gasteiger partial charge is 0.0964 e. The third kappa shape index (κ3) is 2.55. The van der Waals surface area contributed by atoms with E-state index in [2.05, 4.69) is 20.5 Å². The Bertz CT molecular complexity index is 386. The molecule has 0 spiro atoms. The van der Waals surface area contributed by atoms with Crippen LogP contribution in [-0.4, -0.2) is 57.3 Å². The van der Waals surface area contributed by atoms with Gasteiger partial charge in [0.15, 0.2) is 0 Å². The topological polar surface area (TPSA) is 66.2 Å². The summed E-state index contributed by atoms with van der Waals surface area (Å²) in [6.45, 7) is 5.13. The van der Waals surface area contributed by atoms with E-state index in [9.17, 15) is 0 Å². The molecule has 1 atom stereocenters. The second-order valence-electron chi connectivity index (χ2n) is 5.32. The molecule has 2 bridgehead atoms.